The standard InChI is InChI=1S/C13H28Si/c1-8-14(9-2,10-3)11-12(4)13(5,6)7/h11H,8-10H2,1-7H3/b12-11-. The Kier molecular flexibility index (Phi) is 5.14. The van der Waals surface area contributed by atoms with E-state index in [9.17, 15) is 0 Å². The molecule has 0 heterocycles. The molecule has 0 aliphatic rings. The maximum absolute atomic E-state index is 2.66. The van der Waals surface area contributed by atoms with Crippen LogP contribution in [-0.4, -0.2) is 8.07 Å². The second-order valence-corrected chi connectivity index (χ2v) is 10.6. The van der Waals surface area contributed by atoms with Gasteiger partial charge in [0.25, 0.3) is 0 Å². The van der Waals surface area contributed by atoms with Crippen molar-refractivity contribution in [3.05, 3.63) is 11.3 Å². The number of rotatable bonds is 4. The first kappa shape index (κ1) is 14.0. The molecule has 0 aromatic rings. The number of hydrogen-bond donors (Lipinski definition) is 0. The van der Waals surface area contributed by atoms with Crippen molar-refractivity contribution < 1.29 is 0 Å². The van der Waals surface area contributed by atoms with Gasteiger partial charge in [0.2, 0.25) is 0 Å². The summed E-state index contributed by atoms with van der Waals surface area (Å²) < 4.78 is 0. The number of hydrogen-bond acceptors (Lipinski definition) is 0. The van der Waals surface area contributed by atoms with Crippen molar-refractivity contribution in [2.75, 3.05) is 0 Å². The van der Waals surface area contributed by atoms with Crippen LogP contribution in [0.3, 0.4) is 0 Å². The molecule has 0 spiro atoms. The van der Waals surface area contributed by atoms with Gasteiger partial charge < -0.3 is 0 Å². The molecule has 0 radical (unpaired) electrons. The second-order valence-electron chi connectivity index (χ2n) is 5.50. The molecule has 0 saturated heterocycles. The molecule has 0 bridgehead atoms. The van der Waals surface area contributed by atoms with Crippen molar-refractivity contribution in [3.63, 3.8) is 0 Å². The summed E-state index contributed by atoms with van der Waals surface area (Å²) in [6.45, 7) is 16.4. The summed E-state index contributed by atoms with van der Waals surface area (Å²) in [4.78, 5) is 0. The third-order valence-corrected chi connectivity index (χ3v) is 9.09. The zero-order valence-electron chi connectivity index (χ0n) is 11.2. The maximum Gasteiger partial charge on any atom is 0.0769 e. The first-order chi connectivity index (χ1) is 6.31. The van der Waals surface area contributed by atoms with Gasteiger partial charge in [-0.3, -0.25) is 0 Å². The lowest BCUT2D eigenvalue weighted by atomic mass is 9.89. The molecule has 0 aliphatic heterocycles. The van der Waals surface area contributed by atoms with E-state index in [0.29, 0.717) is 5.41 Å². The molecule has 1 heteroatoms. The minimum Gasteiger partial charge on any atom is -0.0948 e. The Hall–Kier alpha value is -0.0431. The van der Waals surface area contributed by atoms with E-state index in [1.54, 1.807) is 5.57 Å². The fourth-order valence-electron chi connectivity index (χ4n) is 1.73. The summed E-state index contributed by atoms with van der Waals surface area (Å²) in [6, 6.07) is 4.19. The highest BCUT2D eigenvalue weighted by atomic mass is 28.3. The fourth-order valence-corrected chi connectivity index (χ4v) is 5.20. The molecule has 0 aliphatic carbocycles. The van der Waals surface area contributed by atoms with Crippen molar-refractivity contribution in [2.45, 2.75) is 66.6 Å². The van der Waals surface area contributed by atoms with Crippen LogP contribution in [0, 0.1) is 5.41 Å². The molecule has 0 N–H and O–H groups in total. The SMILES string of the molecule is CC[Si](/C=C(/C)C(C)(C)C)(CC)CC. The molecule has 0 aromatic carbocycles. The van der Waals surface area contributed by atoms with Crippen LogP contribution >= 0.6 is 0 Å². The van der Waals surface area contributed by atoms with Gasteiger partial charge in [-0.2, -0.15) is 0 Å². The molecular formula is C13H28Si. The van der Waals surface area contributed by atoms with Gasteiger partial charge in [-0.05, 0) is 12.3 Å². The third kappa shape index (κ3) is 3.60. The Morgan fingerprint density at radius 2 is 1.36 bits per heavy atom. The Morgan fingerprint density at radius 3 is 1.57 bits per heavy atom. The van der Waals surface area contributed by atoms with Gasteiger partial charge in [0.05, 0.1) is 8.07 Å². The van der Waals surface area contributed by atoms with Crippen LogP contribution in [0.15, 0.2) is 11.3 Å². The van der Waals surface area contributed by atoms with E-state index >= 15 is 0 Å². The van der Waals surface area contributed by atoms with Crippen LogP contribution < -0.4 is 0 Å². The molecular weight excluding hydrogens is 184 g/mol. The normalized spacial score (nSPS) is 14.6. The average molecular weight is 212 g/mol. The predicted molar refractivity (Wildman–Crippen MR) is 70.4 cm³/mol. The van der Waals surface area contributed by atoms with E-state index in [4.69, 9.17) is 0 Å². The quantitative estimate of drug-likeness (QED) is 0.574. The molecule has 14 heavy (non-hydrogen) atoms. The van der Waals surface area contributed by atoms with Crippen molar-refractivity contribution in [1.82, 2.24) is 0 Å². The summed E-state index contributed by atoms with van der Waals surface area (Å²) in [5, 5.41) is 0. The Labute approximate surface area is 91.8 Å². The summed E-state index contributed by atoms with van der Waals surface area (Å²) in [5.74, 6) is 0. The van der Waals surface area contributed by atoms with Crippen LogP contribution in [0.2, 0.25) is 18.1 Å². The molecule has 0 unspecified atom stereocenters. The molecule has 84 valence electrons. The van der Waals surface area contributed by atoms with Crippen molar-refractivity contribution in [2.24, 2.45) is 5.41 Å². The zero-order valence-corrected chi connectivity index (χ0v) is 12.2. The first-order valence-electron chi connectivity index (χ1n) is 6.01. The Balaban J connectivity index is 4.90. The lowest BCUT2D eigenvalue weighted by molar-refractivity contribution is 0.504. The minimum atomic E-state index is -1.05. The van der Waals surface area contributed by atoms with Crippen molar-refractivity contribution in [3.8, 4) is 0 Å². The Morgan fingerprint density at radius 1 is 1.00 bits per heavy atom. The molecule has 0 rings (SSSR count). The van der Waals surface area contributed by atoms with Gasteiger partial charge in [-0.15, -0.1) is 0 Å². The van der Waals surface area contributed by atoms with Crippen LogP contribution in [0.4, 0.5) is 0 Å². The molecule has 0 atom stereocenters. The smallest absolute Gasteiger partial charge is 0.0769 e. The highest BCUT2D eigenvalue weighted by Crippen LogP contribution is 2.30. The van der Waals surface area contributed by atoms with Gasteiger partial charge in [-0.1, -0.05) is 70.9 Å². The second kappa shape index (κ2) is 5.15. The van der Waals surface area contributed by atoms with Crippen molar-refractivity contribution in [1.29, 1.82) is 0 Å². The third-order valence-electron chi connectivity index (χ3n) is 3.82. The monoisotopic (exact) mass is 212 g/mol. The Bertz CT molecular complexity index is 184. The molecule has 0 nitrogen and oxygen atoms in total. The number of allylic oxidation sites excluding steroid dienone is 1. The van der Waals surface area contributed by atoms with E-state index < -0.39 is 8.07 Å². The fraction of sp³-hybridized carbons (Fsp3) is 0.846. The van der Waals surface area contributed by atoms with Crippen LogP contribution in [-0.2, 0) is 0 Å². The van der Waals surface area contributed by atoms with Gasteiger partial charge in [0, 0.05) is 0 Å². The van der Waals surface area contributed by atoms with E-state index in [2.05, 4.69) is 54.2 Å². The molecule has 0 fully saturated rings. The van der Waals surface area contributed by atoms with Gasteiger partial charge >= 0.3 is 0 Å². The van der Waals surface area contributed by atoms with Crippen LogP contribution in [0.1, 0.15) is 48.5 Å². The highest BCUT2D eigenvalue weighted by molar-refractivity contribution is 6.84. The van der Waals surface area contributed by atoms with E-state index in [0.717, 1.165) is 0 Å². The summed E-state index contributed by atoms with van der Waals surface area (Å²) >= 11 is 0. The van der Waals surface area contributed by atoms with E-state index in [1.807, 2.05) is 0 Å². The average Bonchev–Trinajstić information content (AvgIpc) is 2.12. The summed E-state index contributed by atoms with van der Waals surface area (Å²) in [6.07, 6.45) is 0. The lowest BCUT2D eigenvalue weighted by Crippen LogP contribution is -2.30. The summed E-state index contributed by atoms with van der Waals surface area (Å²) in [7, 11) is -1.05. The van der Waals surface area contributed by atoms with Crippen LogP contribution in [0.5, 0.6) is 0 Å². The maximum atomic E-state index is 2.66. The minimum absolute atomic E-state index is 0.359. The largest absolute Gasteiger partial charge is 0.0948 e. The van der Waals surface area contributed by atoms with Crippen molar-refractivity contribution >= 4 is 8.07 Å². The predicted octanol–water partition coefficient (Wildman–Crippen LogP) is 5.03. The van der Waals surface area contributed by atoms with E-state index in [1.165, 1.54) is 18.1 Å². The van der Waals surface area contributed by atoms with Gasteiger partial charge in [-0.25, -0.2) is 0 Å². The molecule has 0 saturated carbocycles. The van der Waals surface area contributed by atoms with Gasteiger partial charge in [0.1, 0.15) is 0 Å². The van der Waals surface area contributed by atoms with Gasteiger partial charge in [0.15, 0.2) is 0 Å². The topological polar surface area (TPSA) is 0 Å². The highest BCUT2D eigenvalue weighted by Gasteiger charge is 2.26. The molecule has 0 amide bonds. The molecule has 0 aromatic heterocycles. The van der Waals surface area contributed by atoms with E-state index in [-0.39, 0.29) is 0 Å². The lowest BCUT2D eigenvalue weighted by Gasteiger charge is -2.29. The summed E-state index contributed by atoms with van der Waals surface area (Å²) in [5.41, 5.74) is 4.61. The zero-order chi connectivity index (χ0) is 11.4. The first-order valence-corrected chi connectivity index (χ1v) is 8.71. The van der Waals surface area contributed by atoms with Crippen LogP contribution in [0.25, 0.3) is 0 Å².